The van der Waals surface area contributed by atoms with Crippen LogP contribution in [0.5, 0.6) is 0 Å². The van der Waals surface area contributed by atoms with E-state index in [1.807, 2.05) is 0 Å². The first-order valence-electron chi connectivity index (χ1n) is 6.74. The van der Waals surface area contributed by atoms with Gasteiger partial charge in [0.15, 0.2) is 0 Å². The van der Waals surface area contributed by atoms with Crippen molar-refractivity contribution in [2.75, 3.05) is 19.6 Å². The predicted octanol–water partition coefficient (Wildman–Crippen LogP) is 1.81. The second-order valence-electron chi connectivity index (χ2n) is 5.91. The van der Waals surface area contributed by atoms with E-state index in [-0.39, 0.29) is 12.4 Å². The molecule has 0 bridgehead atoms. The van der Waals surface area contributed by atoms with Crippen molar-refractivity contribution >= 4 is 18.3 Å². The van der Waals surface area contributed by atoms with E-state index in [0.717, 1.165) is 19.6 Å². The number of nitrogens with zero attached hydrogens (tertiary/aromatic N) is 1. The maximum absolute atomic E-state index is 12.4. The molecule has 1 aliphatic heterocycles. The number of carbonyl (C=O) groups is 1. The Bertz CT molecular complexity index is 302. The fraction of sp³-hybridized carbons (Fsp3) is 0.923. The van der Waals surface area contributed by atoms with Crippen molar-refractivity contribution in [1.82, 2.24) is 10.2 Å². The van der Waals surface area contributed by atoms with Gasteiger partial charge in [0.25, 0.3) is 0 Å². The maximum Gasteiger partial charge on any atom is 0.226 e. The van der Waals surface area contributed by atoms with Gasteiger partial charge in [0.1, 0.15) is 0 Å². The highest BCUT2D eigenvalue weighted by molar-refractivity contribution is 5.85. The molecule has 98 valence electrons. The molecule has 0 aromatic rings. The van der Waals surface area contributed by atoms with E-state index < -0.39 is 0 Å². The Hall–Kier alpha value is -0.280. The van der Waals surface area contributed by atoms with Crippen molar-refractivity contribution in [1.29, 1.82) is 0 Å². The zero-order chi connectivity index (χ0) is 11.2. The number of hydrogen-bond acceptors (Lipinski definition) is 2. The van der Waals surface area contributed by atoms with Crippen LogP contribution in [0.3, 0.4) is 0 Å². The van der Waals surface area contributed by atoms with Crippen LogP contribution in [0.15, 0.2) is 0 Å². The van der Waals surface area contributed by atoms with Crippen LogP contribution in [-0.4, -0.2) is 36.5 Å². The van der Waals surface area contributed by atoms with E-state index >= 15 is 0 Å². The Morgan fingerprint density at radius 1 is 1.35 bits per heavy atom. The normalized spacial score (nSPS) is 34.5. The Labute approximate surface area is 110 Å². The lowest BCUT2D eigenvalue weighted by Crippen LogP contribution is -2.53. The van der Waals surface area contributed by atoms with Gasteiger partial charge in [-0.05, 0) is 31.6 Å². The minimum Gasteiger partial charge on any atom is -0.337 e. The predicted molar refractivity (Wildman–Crippen MR) is 70.3 cm³/mol. The van der Waals surface area contributed by atoms with E-state index in [1.165, 1.54) is 32.1 Å². The summed E-state index contributed by atoms with van der Waals surface area (Å²) >= 11 is 0. The Kier molecular flexibility index (Phi) is 3.69. The van der Waals surface area contributed by atoms with Gasteiger partial charge in [0.2, 0.25) is 5.91 Å². The third-order valence-electron chi connectivity index (χ3n) is 4.87. The SMILES string of the molecule is C[C@H]1CNCCN1C(=O)C1CC12CCCC2.Cl. The highest BCUT2D eigenvalue weighted by Crippen LogP contribution is 2.63. The van der Waals surface area contributed by atoms with Crippen molar-refractivity contribution in [3.05, 3.63) is 0 Å². The summed E-state index contributed by atoms with van der Waals surface area (Å²) < 4.78 is 0. The summed E-state index contributed by atoms with van der Waals surface area (Å²) in [6, 6.07) is 0.389. The molecule has 3 aliphatic rings. The summed E-state index contributed by atoms with van der Waals surface area (Å²) in [5.74, 6) is 0.839. The molecule has 0 radical (unpaired) electrons. The number of piperazine rings is 1. The minimum absolute atomic E-state index is 0. The van der Waals surface area contributed by atoms with E-state index in [0.29, 0.717) is 23.3 Å². The Morgan fingerprint density at radius 2 is 2.06 bits per heavy atom. The first-order chi connectivity index (χ1) is 7.73. The van der Waals surface area contributed by atoms with Crippen LogP contribution in [0.2, 0.25) is 0 Å². The lowest BCUT2D eigenvalue weighted by molar-refractivity contribution is -0.136. The molecular weight excluding hydrogens is 236 g/mol. The first-order valence-corrected chi connectivity index (χ1v) is 6.74. The van der Waals surface area contributed by atoms with Crippen molar-refractivity contribution in [2.24, 2.45) is 11.3 Å². The van der Waals surface area contributed by atoms with Gasteiger partial charge in [-0.2, -0.15) is 0 Å². The van der Waals surface area contributed by atoms with E-state index in [4.69, 9.17) is 0 Å². The van der Waals surface area contributed by atoms with Gasteiger partial charge in [0, 0.05) is 31.6 Å². The smallest absolute Gasteiger partial charge is 0.226 e. The van der Waals surface area contributed by atoms with Crippen LogP contribution in [0.1, 0.15) is 39.0 Å². The maximum atomic E-state index is 12.4. The molecule has 3 rings (SSSR count). The van der Waals surface area contributed by atoms with E-state index in [9.17, 15) is 4.79 Å². The van der Waals surface area contributed by atoms with Crippen LogP contribution in [0.25, 0.3) is 0 Å². The molecule has 2 atom stereocenters. The quantitative estimate of drug-likeness (QED) is 0.778. The van der Waals surface area contributed by atoms with Gasteiger partial charge >= 0.3 is 0 Å². The third-order valence-corrected chi connectivity index (χ3v) is 4.87. The molecular formula is C13H23ClN2O. The highest BCUT2D eigenvalue weighted by atomic mass is 35.5. The van der Waals surface area contributed by atoms with Crippen molar-refractivity contribution in [2.45, 2.75) is 45.1 Å². The molecule has 1 saturated heterocycles. The lowest BCUT2D eigenvalue weighted by atomic mass is 10.0. The summed E-state index contributed by atoms with van der Waals surface area (Å²) in [5, 5.41) is 3.35. The topological polar surface area (TPSA) is 32.3 Å². The first kappa shape index (κ1) is 13.2. The van der Waals surface area contributed by atoms with Gasteiger partial charge in [-0.15, -0.1) is 12.4 Å². The number of halogens is 1. The monoisotopic (exact) mass is 258 g/mol. The molecule has 2 saturated carbocycles. The molecule has 3 fully saturated rings. The molecule has 1 spiro atoms. The third kappa shape index (κ3) is 2.19. The number of amides is 1. The molecule has 4 heteroatoms. The Balaban J connectivity index is 0.00000108. The summed E-state index contributed by atoms with van der Waals surface area (Å²) in [6.45, 7) is 5.00. The standard InChI is InChI=1S/C13H22N2O.ClH/c1-10-9-14-6-7-15(10)12(16)11-8-13(11)4-2-3-5-13;/h10-11,14H,2-9H2,1H3;1H/t10-,11?;/m0./s1. The van der Waals surface area contributed by atoms with Gasteiger partial charge in [-0.1, -0.05) is 12.8 Å². The second kappa shape index (κ2) is 4.77. The molecule has 1 unspecified atom stereocenters. The van der Waals surface area contributed by atoms with Gasteiger partial charge in [0.05, 0.1) is 0 Å². The average molecular weight is 259 g/mol. The molecule has 1 N–H and O–H groups in total. The van der Waals surface area contributed by atoms with Crippen LogP contribution >= 0.6 is 12.4 Å². The fourth-order valence-electron chi connectivity index (χ4n) is 3.70. The molecule has 1 heterocycles. The van der Waals surface area contributed by atoms with Gasteiger partial charge in [-0.25, -0.2) is 0 Å². The zero-order valence-electron chi connectivity index (χ0n) is 10.6. The fourth-order valence-corrected chi connectivity index (χ4v) is 3.70. The summed E-state index contributed by atoms with van der Waals surface area (Å²) in [6.07, 6.45) is 6.50. The molecule has 0 aromatic carbocycles. The molecule has 17 heavy (non-hydrogen) atoms. The highest BCUT2D eigenvalue weighted by Gasteiger charge is 2.59. The average Bonchev–Trinajstić information content (AvgIpc) is 2.76. The molecule has 1 amide bonds. The number of carbonyl (C=O) groups excluding carboxylic acids is 1. The Morgan fingerprint density at radius 3 is 2.71 bits per heavy atom. The van der Waals surface area contributed by atoms with Crippen LogP contribution < -0.4 is 5.32 Å². The van der Waals surface area contributed by atoms with Crippen LogP contribution in [0, 0.1) is 11.3 Å². The summed E-state index contributed by atoms with van der Waals surface area (Å²) in [7, 11) is 0. The largest absolute Gasteiger partial charge is 0.337 e. The van der Waals surface area contributed by atoms with Crippen LogP contribution in [0.4, 0.5) is 0 Å². The van der Waals surface area contributed by atoms with E-state index in [2.05, 4.69) is 17.1 Å². The second-order valence-corrected chi connectivity index (χ2v) is 5.91. The lowest BCUT2D eigenvalue weighted by Gasteiger charge is -2.34. The summed E-state index contributed by atoms with van der Waals surface area (Å²) in [4.78, 5) is 14.5. The van der Waals surface area contributed by atoms with Crippen molar-refractivity contribution < 1.29 is 4.79 Å². The molecule has 3 nitrogen and oxygen atoms in total. The molecule has 2 aliphatic carbocycles. The number of nitrogens with one attached hydrogen (secondary N) is 1. The van der Waals surface area contributed by atoms with Gasteiger partial charge < -0.3 is 10.2 Å². The zero-order valence-corrected chi connectivity index (χ0v) is 11.4. The number of hydrogen-bond donors (Lipinski definition) is 1. The number of rotatable bonds is 1. The van der Waals surface area contributed by atoms with E-state index in [1.54, 1.807) is 0 Å². The van der Waals surface area contributed by atoms with Crippen LogP contribution in [-0.2, 0) is 4.79 Å². The van der Waals surface area contributed by atoms with Crippen molar-refractivity contribution in [3.8, 4) is 0 Å². The summed E-state index contributed by atoms with van der Waals surface area (Å²) in [5.41, 5.74) is 0.460. The van der Waals surface area contributed by atoms with Gasteiger partial charge in [-0.3, -0.25) is 4.79 Å². The molecule has 0 aromatic heterocycles. The minimum atomic E-state index is 0. The van der Waals surface area contributed by atoms with Crippen molar-refractivity contribution in [3.63, 3.8) is 0 Å².